The smallest absolute Gasteiger partial charge is 0.315 e. The van der Waals surface area contributed by atoms with Crippen molar-refractivity contribution in [1.82, 2.24) is 15.6 Å². The van der Waals surface area contributed by atoms with Gasteiger partial charge in [0.2, 0.25) is 0 Å². The predicted molar refractivity (Wildman–Crippen MR) is 114 cm³/mol. The number of hydrogen-bond donors (Lipinski definition) is 3. The molecular weight excluding hydrogens is 366 g/mol. The van der Waals surface area contributed by atoms with Gasteiger partial charge in [-0.3, -0.25) is 0 Å². The summed E-state index contributed by atoms with van der Waals surface area (Å²) in [6.07, 6.45) is 3.79. The first kappa shape index (κ1) is 19.2. The molecule has 4 rings (SSSR count). The van der Waals surface area contributed by atoms with Gasteiger partial charge in [0.05, 0.1) is 20.3 Å². The number of aryl methyl sites for hydroxylation is 1. The van der Waals surface area contributed by atoms with Crippen LogP contribution in [0.2, 0.25) is 0 Å². The van der Waals surface area contributed by atoms with Gasteiger partial charge in [-0.2, -0.15) is 0 Å². The lowest BCUT2D eigenvalue weighted by Crippen LogP contribution is -2.40. The molecule has 0 saturated carbocycles. The number of amides is 2. The number of urea groups is 1. The molecule has 0 radical (unpaired) electrons. The zero-order valence-electron chi connectivity index (χ0n) is 16.9. The van der Waals surface area contributed by atoms with Crippen molar-refractivity contribution in [2.24, 2.45) is 0 Å². The number of rotatable bonds is 6. The number of carbonyl (C=O) groups is 1. The van der Waals surface area contributed by atoms with E-state index in [4.69, 9.17) is 9.47 Å². The molecule has 1 heterocycles. The van der Waals surface area contributed by atoms with Crippen molar-refractivity contribution < 1.29 is 14.3 Å². The van der Waals surface area contributed by atoms with Gasteiger partial charge in [-0.25, -0.2) is 4.79 Å². The van der Waals surface area contributed by atoms with Crippen LogP contribution in [0, 0.1) is 0 Å². The van der Waals surface area contributed by atoms with Crippen LogP contribution in [0.15, 0.2) is 42.5 Å². The van der Waals surface area contributed by atoms with E-state index in [1.165, 1.54) is 10.9 Å². The highest BCUT2D eigenvalue weighted by Gasteiger charge is 2.25. The maximum absolute atomic E-state index is 12.5. The quantitative estimate of drug-likeness (QED) is 0.590. The number of aromatic amines is 1. The van der Waals surface area contributed by atoms with E-state index in [2.05, 4.69) is 33.8 Å². The summed E-state index contributed by atoms with van der Waals surface area (Å²) in [5.74, 6) is 1.40. The second kappa shape index (κ2) is 8.47. The summed E-state index contributed by atoms with van der Waals surface area (Å²) in [5.41, 5.74) is 4.70. The topological polar surface area (TPSA) is 75.4 Å². The molecule has 6 nitrogen and oxygen atoms in total. The maximum Gasteiger partial charge on any atom is 0.315 e. The van der Waals surface area contributed by atoms with Crippen molar-refractivity contribution in [1.29, 1.82) is 0 Å². The Labute approximate surface area is 170 Å². The van der Waals surface area contributed by atoms with Gasteiger partial charge in [0, 0.05) is 23.1 Å². The van der Waals surface area contributed by atoms with Gasteiger partial charge in [-0.1, -0.05) is 24.3 Å². The molecule has 1 aromatic heterocycles. The van der Waals surface area contributed by atoms with Crippen LogP contribution in [0.1, 0.15) is 35.7 Å². The van der Waals surface area contributed by atoms with Crippen LogP contribution in [-0.4, -0.2) is 31.8 Å². The number of methoxy groups -OCH3 is 2. The second-order valence-electron chi connectivity index (χ2n) is 7.35. The van der Waals surface area contributed by atoms with Crippen molar-refractivity contribution >= 4 is 16.9 Å². The van der Waals surface area contributed by atoms with Crippen LogP contribution < -0.4 is 20.1 Å². The summed E-state index contributed by atoms with van der Waals surface area (Å²) in [6.45, 7) is 0.549. The standard InChI is InChI=1S/C23H27N3O3/c1-28-20-11-10-15(14-21(20)29-2)12-13-24-23(27)26-19-9-5-7-17-16-6-3-4-8-18(16)25-22(17)19/h3-4,6,8,10-11,14,19,25H,5,7,9,12-13H2,1-2H3,(H2,24,26,27). The lowest BCUT2D eigenvalue weighted by molar-refractivity contribution is 0.235. The van der Waals surface area contributed by atoms with E-state index < -0.39 is 0 Å². The van der Waals surface area contributed by atoms with Gasteiger partial charge in [-0.15, -0.1) is 0 Å². The highest BCUT2D eigenvalue weighted by atomic mass is 16.5. The van der Waals surface area contributed by atoms with Crippen molar-refractivity contribution in [2.45, 2.75) is 31.7 Å². The van der Waals surface area contributed by atoms with Crippen LogP contribution in [-0.2, 0) is 12.8 Å². The molecule has 2 amide bonds. The molecule has 29 heavy (non-hydrogen) atoms. The van der Waals surface area contributed by atoms with E-state index in [1.54, 1.807) is 14.2 Å². The zero-order chi connectivity index (χ0) is 20.2. The Bertz CT molecular complexity index is 1010. The van der Waals surface area contributed by atoms with Crippen LogP contribution in [0.5, 0.6) is 11.5 Å². The van der Waals surface area contributed by atoms with E-state index in [0.29, 0.717) is 18.0 Å². The molecular formula is C23H27N3O3. The highest BCUT2D eigenvalue weighted by molar-refractivity contribution is 5.85. The molecule has 0 aliphatic heterocycles. The van der Waals surface area contributed by atoms with Gasteiger partial charge in [0.1, 0.15) is 0 Å². The zero-order valence-corrected chi connectivity index (χ0v) is 16.9. The Kier molecular flexibility index (Phi) is 5.60. The van der Waals surface area contributed by atoms with E-state index in [0.717, 1.165) is 42.5 Å². The van der Waals surface area contributed by atoms with Gasteiger partial charge in [-0.05, 0) is 55.0 Å². The lowest BCUT2D eigenvalue weighted by atomic mass is 9.92. The summed E-state index contributed by atoms with van der Waals surface area (Å²) in [6, 6.07) is 14.0. The van der Waals surface area contributed by atoms with Crippen LogP contribution >= 0.6 is 0 Å². The minimum atomic E-state index is -0.137. The Morgan fingerprint density at radius 1 is 1.14 bits per heavy atom. The molecule has 0 fully saturated rings. The number of benzene rings is 2. The van der Waals surface area contributed by atoms with Crippen LogP contribution in [0.25, 0.3) is 10.9 Å². The second-order valence-corrected chi connectivity index (χ2v) is 7.35. The average molecular weight is 393 g/mol. The molecule has 1 aliphatic carbocycles. The maximum atomic E-state index is 12.5. The number of aromatic nitrogens is 1. The molecule has 2 aromatic carbocycles. The number of carbonyl (C=O) groups excluding carboxylic acids is 1. The Morgan fingerprint density at radius 2 is 1.97 bits per heavy atom. The van der Waals surface area contributed by atoms with E-state index in [9.17, 15) is 4.79 Å². The molecule has 3 aromatic rings. The fraction of sp³-hybridized carbons (Fsp3) is 0.348. The van der Waals surface area contributed by atoms with Gasteiger partial charge in [0.15, 0.2) is 11.5 Å². The molecule has 3 N–H and O–H groups in total. The van der Waals surface area contributed by atoms with Gasteiger partial charge in [0.25, 0.3) is 0 Å². The Hall–Kier alpha value is -3.15. The first-order valence-corrected chi connectivity index (χ1v) is 10.0. The molecule has 0 bridgehead atoms. The predicted octanol–water partition coefficient (Wildman–Crippen LogP) is 4.10. The number of H-pyrrole nitrogens is 1. The summed E-state index contributed by atoms with van der Waals surface area (Å²) in [7, 11) is 3.24. The number of hydrogen-bond acceptors (Lipinski definition) is 3. The van der Waals surface area contributed by atoms with Crippen molar-refractivity contribution in [2.75, 3.05) is 20.8 Å². The highest BCUT2D eigenvalue weighted by Crippen LogP contribution is 2.34. The first-order chi connectivity index (χ1) is 14.2. The lowest BCUT2D eigenvalue weighted by Gasteiger charge is -2.24. The summed E-state index contributed by atoms with van der Waals surface area (Å²) in [5, 5.41) is 7.38. The first-order valence-electron chi connectivity index (χ1n) is 10.0. The van der Waals surface area contributed by atoms with Crippen molar-refractivity contribution in [3.63, 3.8) is 0 Å². The number of fused-ring (bicyclic) bond motifs is 3. The molecule has 0 saturated heterocycles. The molecule has 0 spiro atoms. The minimum Gasteiger partial charge on any atom is -0.493 e. The monoisotopic (exact) mass is 393 g/mol. The molecule has 6 heteroatoms. The average Bonchev–Trinajstić information content (AvgIpc) is 3.13. The number of nitrogens with one attached hydrogen (secondary N) is 3. The largest absolute Gasteiger partial charge is 0.493 e. The third-order valence-corrected chi connectivity index (χ3v) is 5.57. The SMILES string of the molecule is COc1ccc(CCNC(=O)NC2CCCc3c2[nH]c2ccccc32)cc1OC. The molecule has 1 atom stereocenters. The van der Waals surface area contributed by atoms with Crippen molar-refractivity contribution in [3.05, 3.63) is 59.3 Å². The molecule has 1 unspecified atom stereocenters. The third kappa shape index (κ3) is 4.01. The van der Waals surface area contributed by atoms with Crippen LogP contribution in [0.4, 0.5) is 4.79 Å². The van der Waals surface area contributed by atoms with Gasteiger partial charge < -0.3 is 25.1 Å². The summed E-state index contributed by atoms with van der Waals surface area (Å²) in [4.78, 5) is 16.0. The fourth-order valence-electron chi connectivity index (χ4n) is 4.13. The van der Waals surface area contributed by atoms with Gasteiger partial charge >= 0.3 is 6.03 Å². The minimum absolute atomic E-state index is 0.0206. The van der Waals surface area contributed by atoms with E-state index in [-0.39, 0.29) is 12.1 Å². The number of para-hydroxylation sites is 1. The molecule has 152 valence electrons. The van der Waals surface area contributed by atoms with Crippen LogP contribution in [0.3, 0.4) is 0 Å². The fourth-order valence-corrected chi connectivity index (χ4v) is 4.13. The molecule has 1 aliphatic rings. The number of ether oxygens (including phenoxy) is 2. The third-order valence-electron chi connectivity index (χ3n) is 5.57. The Morgan fingerprint density at radius 3 is 2.79 bits per heavy atom. The summed E-state index contributed by atoms with van der Waals surface area (Å²) < 4.78 is 10.6. The normalized spacial score (nSPS) is 15.6. The van der Waals surface area contributed by atoms with Crippen molar-refractivity contribution in [3.8, 4) is 11.5 Å². The summed E-state index contributed by atoms with van der Waals surface area (Å²) >= 11 is 0. The van der Waals surface area contributed by atoms with E-state index >= 15 is 0 Å². The van der Waals surface area contributed by atoms with E-state index in [1.807, 2.05) is 24.3 Å². The Balaban J connectivity index is 1.35.